The molecule has 36 heavy (non-hydrogen) atoms. The fraction of sp³-hybridized carbons (Fsp3) is 0.269. The summed E-state index contributed by atoms with van der Waals surface area (Å²) in [5, 5.41) is 5.58. The van der Waals surface area contributed by atoms with Crippen molar-refractivity contribution in [3.8, 4) is 11.3 Å². The number of anilines is 2. The predicted octanol–water partition coefficient (Wildman–Crippen LogP) is 3.53. The van der Waals surface area contributed by atoms with Crippen molar-refractivity contribution in [3.05, 3.63) is 59.4 Å². The van der Waals surface area contributed by atoms with Gasteiger partial charge in [0.15, 0.2) is 11.2 Å². The lowest BCUT2D eigenvalue weighted by molar-refractivity contribution is -0.132. The van der Waals surface area contributed by atoms with Gasteiger partial charge >= 0.3 is 0 Å². The maximum absolute atomic E-state index is 12.3. The molecular weight excluding hydrogens is 456 g/mol. The van der Waals surface area contributed by atoms with Gasteiger partial charge in [-0.1, -0.05) is 25.1 Å². The number of fused-ring (bicyclic) bond motifs is 3. The van der Waals surface area contributed by atoms with Gasteiger partial charge in [-0.2, -0.15) is 10.1 Å². The van der Waals surface area contributed by atoms with E-state index in [4.69, 9.17) is 21.0 Å². The molecule has 182 valence electrons. The monoisotopic (exact) mass is 482 g/mol. The number of nitrogens with two attached hydrogens (primary N) is 2. The number of hydrogen-bond donors (Lipinski definition) is 2. The first-order chi connectivity index (χ1) is 17.5. The van der Waals surface area contributed by atoms with Gasteiger partial charge in [0.25, 0.3) is 6.01 Å². The molecule has 0 bridgehead atoms. The van der Waals surface area contributed by atoms with Crippen molar-refractivity contribution in [1.29, 1.82) is 0 Å². The second kappa shape index (κ2) is 8.63. The molecular formula is C26H26N8O2. The standard InChI is InChI=1S/C26H26N8O2/c1-2-3-21(35)33-9-8-16-10-15(4-5-18(16)13-33)12-34-25-22(24(27)29-14-30-25)23(32-34)17-6-7-20-19(11-17)31-26(28)36-20/h4-7,10-11,14H,2-3,8-9,12-13H2,1H3,(H2,28,31)(H2,27,29,30). The topological polar surface area (TPSA) is 142 Å². The fourth-order valence-corrected chi connectivity index (χ4v) is 4.90. The minimum atomic E-state index is 0.116. The van der Waals surface area contributed by atoms with E-state index in [1.807, 2.05) is 34.7 Å². The summed E-state index contributed by atoms with van der Waals surface area (Å²) in [6, 6.07) is 12.1. The number of carbonyl (C=O) groups excluding carboxylic acids is 1. The van der Waals surface area contributed by atoms with Crippen LogP contribution in [0.1, 0.15) is 36.5 Å². The molecule has 5 aromatic rings. The first kappa shape index (κ1) is 22.0. The van der Waals surface area contributed by atoms with Crippen molar-refractivity contribution < 1.29 is 9.21 Å². The number of benzene rings is 2. The number of oxazole rings is 1. The van der Waals surface area contributed by atoms with Crippen molar-refractivity contribution in [2.24, 2.45) is 0 Å². The van der Waals surface area contributed by atoms with Gasteiger partial charge in [-0.15, -0.1) is 0 Å². The molecule has 0 saturated heterocycles. The van der Waals surface area contributed by atoms with Gasteiger partial charge in [-0.25, -0.2) is 14.6 Å². The van der Waals surface area contributed by atoms with Crippen LogP contribution in [-0.2, 0) is 24.3 Å². The van der Waals surface area contributed by atoms with Gasteiger partial charge in [-0.05, 0) is 47.7 Å². The Morgan fingerprint density at radius 2 is 2.00 bits per heavy atom. The van der Waals surface area contributed by atoms with Crippen molar-refractivity contribution in [2.75, 3.05) is 18.0 Å². The molecule has 10 heteroatoms. The molecule has 0 saturated carbocycles. The molecule has 1 amide bonds. The van der Waals surface area contributed by atoms with E-state index in [-0.39, 0.29) is 11.9 Å². The van der Waals surface area contributed by atoms with E-state index in [0.717, 1.165) is 30.5 Å². The van der Waals surface area contributed by atoms with Crippen LogP contribution >= 0.6 is 0 Å². The molecule has 1 aliphatic heterocycles. The lowest BCUT2D eigenvalue weighted by Crippen LogP contribution is -2.35. The summed E-state index contributed by atoms with van der Waals surface area (Å²) < 4.78 is 7.25. The highest BCUT2D eigenvalue weighted by Gasteiger charge is 2.22. The highest BCUT2D eigenvalue weighted by atomic mass is 16.4. The van der Waals surface area contributed by atoms with Gasteiger partial charge in [0.05, 0.1) is 11.9 Å². The molecule has 0 aliphatic carbocycles. The van der Waals surface area contributed by atoms with Gasteiger partial charge in [-0.3, -0.25) is 4.79 Å². The summed E-state index contributed by atoms with van der Waals surface area (Å²) in [4.78, 5) is 27.2. The van der Waals surface area contributed by atoms with E-state index in [2.05, 4.69) is 33.2 Å². The molecule has 0 unspecified atom stereocenters. The molecule has 4 heterocycles. The molecule has 0 atom stereocenters. The summed E-state index contributed by atoms with van der Waals surface area (Å²) in [6.45, 7) is 3.98. The summed E-state index contributed by atoms with van der Waals surface area (Å²) >= 11 is 0. The lowest BCUT2D eigenvalue weighted by atomic mass is 9.97. The first-order valence-corrected chi connectivity index (χ1v) is 12.0. The Balaban J connectivity index is 1.35. The zero-order valence-electron chi connectivity index (χ0n) is 19.9. The fourth-order valence-electron chi connectivity index (χ4n) is 4.90. The number of aromatic nitrogens is 5. The van der Waals surface area contributed by atoms with Crippen LogP contribution in [0.15, 0.2) is 47.1 Å². The number of rotatable bonds is 5. The van der Waals surface area contributed by atoms with E-state index < -0.39 is 0 Å². The quantitative estimate of drug-likeness (QED) is 0.387. The number of carbonyl (C=O) groups is 1. The highest BCUT2D eigenvalue weighted by molar-refractivity contribution is 5.99. The van der Waals surface area contributed by atoms with E-state index in [9.17, 15) is 4.79 Å². The smallest absolute Gasteiger partial charge is 0.292 e. The van der Waals surface area contributed by atoms with Crippen molar-refractivity contribution in [3.63, 3.8) is 0 Å². The van der Waals surface area contributed by atoms with Crippen molar-refractivity contribution in [2.45, 2.75) is 39.3 Å². The normalized spacial score (nSPS) is 13.4. The number of nitrogen functional groups attached to an aromatic ring is 2. The molecule has 0 spiro atoms. The third kappa shape index (κ3) is 3.80. The van der Waals surface area contributed by atoms with Crippen LogP contribution in [0.2, 0.25) is 0 Å². The van der Waals surface area contributed by atoms with Gasteiger partial charge in [0.2, 0.25) is 5.91 Å². The Labute approximate surface area is 206 Å². The Morgan fingerprint density at radius 3 is 2.86 bits per heavy atom. The summed E-state index contributed by atoms with van der Waals surface area (Å²) in [5.41, 5.74) is 19.0. The van der Waals surface area contributed by atoms with Gasteiger partial charge in [0, 0.05) is 25.1 Å². The third-order valence-electron chi connectivity index (χ3n) is 6.67. The van der Waals surface area contributed by atoms with Crippen LogP contribution < -0.4 is 11.5 Å². The number of hydrogen-bond acceptors (Lipinski definition) is 8. The molecule has 1 aliphatic rings. The Morgan fingerprint density at radius 1 is 1.11 bits per heavy atom. The minimum absolute atomic E-state index is 0.116. The number of nitrogens with zero attached hydrogens (tertiary/aromatic N) is 6. The SMILES string of the molecule is CCCC(=O)N1CCc2cc(Cn3nc(-c4ccc5oc(N)nc5c4)c4c(N)ncnc43)ccc2C1. The molecule has 6 rings (SSSR count). The van der Waals surface area contributed by atoms with Gasteiger partial charge < -0.3 is 20.8 Å². The van der Waals surface area contributed by atoms with Crippen LogP contribution in [0.3, 0.4) is 0 Å². The van der Waals surface area contributed by atoms with E-state index in [0.29, 0.717) is 53.2 Å². The second-order valence-electron chi connectivity index (χ2n) is 9.12. The average molecular weight is 483 g/mol. The van der Waals surface area contributed by atoms with Gasteiger partial charge in [0.1, 0.15) is 23.4 Å². The molecule has 3 aromatic heterocycles. The molecule has 4 N–H and O–H groups in total. The summed E-state index contributed by atoms with van der Waals surface area (Å²) in [6.07, 6.45) is 3.77. The van der Waals surface area contributed by atoms with Crippen LogP contribution in [-0.4, -0.2) is 42.1 Å². The van der Waals surface area contributed by atoms with E-state index >= 15 is 0 Å². The van der Waals surface area contributed by atoms with E-state index in [1.165, 1.54) is 17.5 Å². The van der Waals surface area contributed by atoms with E-state index in [1.54, 1.807) is 0 Å². The zero-order valence-corrected chi connectivity index (χ0v) is 19.9. The average Bonchev–Trinajstić information content (AvgIpc) is 3.43. The van der Waals surface area contributed by atoms with Crippen molar-refractivity contribution in [1.82, 2.24) is 29.6 Å². The third-order valence-corrected chi connectivity index (χ3v) is 6.67. The second-order valence-corrected chi connectivity index (χ2v) is 9.12. The molecule has 10 nitrogen and oxygen atoms in total. The molecule has 0 fully saturated rings. The largest absolute Gasteiger partial charge is 0.424 e. The summed E-state index contributed by atoms with van der Waals surface area (Å²) in [5.74, 6) is 0.592. The first-order valence-electron chi connectivity index (χ1n) is 12.0. The Bertz CT molecular complexity index is 1620. The minimum Gasteiger partial charge on any atom is -0.424 e. The predicted molar refractivity (Wildman–Crippen MR) is 137 cm³/mol. The van der Waals surface area contributed by atoms with Crippen molar-refractivity contribution >= 4 is 39.9 Å². The maximum atomic E-state index is 12.3. The maximum Gasteiger partial charge on any atom is 0.292 e. The van der Waals surface area contributed by atoms with Crippen LogP contribution in [0.25, 0.3) is 33.4 Å². The highest BCUT2D eigenvalue weighted by Crippen LogP contribution is 2.33. The van der Waals surface area contributed by atoms with Crippen LogP contribution in [0.4, 0.5) is 11.8 Å². The Kier molecular flexibility index (Phi) is 5.28. The number of amides is 1. The molecule has 2 aromatic carbocycles. The zero-order chi connectivity index (χ0) is 24.8. The van der Waals surface area contributed by atoms with Crippen LogP contribution in [0.5, 0.6) is 0 Å². The lowest BCUT2D eigenvalue weighted by Gasteiger charge is -2.29. The summed E-state index contributed by atoms with van der Waals surface area (Å²) in [7, 11) is 0. The molecule has 0 radical (unpaired) electrons. The Hall–Kier alpha value is -4.47. The van der Waals surface area contributed by atoms with Crippen LogP contribution in [0, 0.1) is 0 Å².